The fraction of sp³-hybridized carbons (Fsp3) is 0.235. The van der Waals surface area contributed by atoms with Crippen LogP contribution in [0.3, 0.4) is 0 Å². The normalized spacial score (nSPS) is 10.8. The molecule has 0 spiro atoms. The molecular formula is C17H16N2O4S. The standard InChI is InChI=1S/C17H16N2O4S/c1-10-8-14(11(2)22-10)16-19-18-15(23-16)9-21-17(20)12-4-6-13(24-3)7-5-12/h4-8H,9H2,1-3H3. The van der Waals surface area contributed by atoms with Crippen molar-refractivity contribution in [1.82, 2.24) is 10.2 Å². The molecule has 3 aromatic rings. The topological polar surface area (TPSA) is 78.4 Å². The summed E-state index contributed by atoms with van der Waals surface area (Å²) in [7, 11) is 0. The quantitative estimate of drug-likeness (QED) is 0.511. The minimum Gasteiger partial charge on any atom is -0.466 e. The number of hydrogen-bond donors (Lipinski definition) is 0. The van der Waals surface area contributed by atoms with Gasteiger partial charge < -0.3 is 13.6 Å². The maximum Gasteiger partial charge on any atom is 0.338 e. The lowest BCUT2D eigenvalue weighted by molar-refractivity contribution is 0.0438. The van der Waals surface area contributed by atoms with Gasteiger partial charge >= 0.3 is 5.97 Å². The first-order valence-corrected chi connectivity index (χ1v) is 8.50. The number of aryl methyl sites for hydroxylation is 2. The Morgan fingerprint density at radius 2 is 1.92 bits per heavy atom. The number of esters is 1. The number of aromatic nitrogens is 2. The van der Waals surface area contributed by atoms with Crippen molar-refractivity contribution in [3.8, 4) is 11.5 Å². The molecule has 7 heteroatoms. The second kappa shape index (κ2) is 6.92. The van der Waals surface area contributed by atoms with Crippen molar-refractivity contribution in [2.75, 3.05) is 6.26 Å². The van der Waals surface area contributed by atoms with E-state index < -0.39 is 5.97 Å². The molecule has 2 aromatic heterocycles. The molecule has 0 radical (unpaired) electrons. The number of ether oxygens (including phenoxy) is 1. The van der Waals surface area contributed by atoms with Crippen molar-refractivity contribution >= 4 is 17.7 Å². The Labute approximate surface area is 143 Å². The maximum absolute atomic E-state index is 12.0. The molecule has 0 fully saturated rings. The Kier molecular flexibility index (Phi) is 4.71. The summed E-state index contributed by atoms with van der Waals surface area (Å²) in [5.41, 5.74) is 1.22. The molecule has 0 aliphatic heterocycles. The molecule has 0 saturated heterocycles. The number of hydrogen-bond acceptors (Lipinski definition) is 7. The van der Waals surface area contributed by atoms with Crippen molar-refractivity contribution in [3.63, 3.8) is 0 Å². The Hall–Kier alpha value is -2.54. The minimum atomic E-state index is -0.433. The average Bonchev–Trinajstić information content (AvgIpc) is 3.18. The van der Waals surface area contributed by atoms with Gasteiger partial charge in [-0.1, -0.05) is 0 Å². The molecular weight excluding hydrogens is 328 g/mol. The summed E-state index contributed by atoms with van der Waals surface area (Å²) in [5, 5.41) is 7.86. The SMILES string of the molecule is CSc1ccc(C(=O)OCc2nnc(-c3cc(C)oc3C)o2)cc1. The molecule has 0 saturated carbocycles. The molecule has 124 valence electrons. The highest BCUT2D eigenvalue weighted by molar-refractivity contribution is 7.98. The molecule has 1 aromatic carbocycles. The summed E-state index contributed by atoms with van der Waals surface area (Å²) >= 11 is 1.61. The molecule has 0 N–H and O–H groups in total. The molecule has 0 amide bonds. The van der Waals surface area contributed by atoms with Crippen LogP contribution < -0.4 is 0 Å². The van der Waals surface area contributed by atoms with Gasteiger partial charge in [-0.05, 0) is 50.4 Å². The number of furan rings is 1. The Balaban J connectivity index is 1.64. The lowest BCUT2D eigenvalue weighted by Crippen LogP contribution is -2.05. The number of carbonyl (C=O) groups is 1. The predicted molar refractivity (Wildman–Crippen MR) is 88.8 cm³/mol. The molecule has 0 atom stereocenters. The number of carbonyl (C=O) groups excluding carboxylic acids is 1. The van der Waals surface area contributed by atoms with E-state index in [9.17, 15) is 4.79 Å². The average molecular weight is 344 g/mol. The van der Waals surface area contributed by atoms with Gasteiger partial charge in [-0.25, -0.2) is 4.79 Å². The third kappa shape index (κ3) is 3.51. The molecule has 0 aliphatic rings. The van der Waals surface area contributed by atoms with E-state index in [1.165, 1.54) is 0 Å². The van der Waals surface area contributed by atoms with Crippen LogP contribution >= 0.6 is 11.8 Å². The van der Waals surface area contributed by atoms with Crippen LogP contribution in [0.15, 0.2) is 44.1 Å². The Morgan fingerprint density at radius 3 is 2.54 bits per heavy atom. The maximum atomic E-state index is 12.0. The van der Waals surface area contributed by atoms with E-state index in [1.54, 1.807) is 23.9 Å². The summed E-state index contributed by atoms with van der Waals surface area (Å²) < 4.78 is 16.2. The fourth-order valence-electron chi connectivity index (χ4n) is 2.20. The zero-order chi connectivity index (χ0) is 17.1. The van der Waals surface area contributed by atoms with Crippen LogP contribution in [0.5, 0.6) is 0 Å². The molecule has 0 aliphatic carbocycles. The van der Waals surface area contributed by atoms with E-state index in [1.807, 2.05) is 38.3 Å². The summed E-state index contributed by atoms with van der Waals surface area (Å²) in [6.07, 6.45) is 1.98. The zero-order valence-electron chi connectivity index (χ0n) is 13.5. The molecule has 24 heavy (non-hydrogen) atoms. The van der Waals surface area contributed by atoms with E-state index in [2.05, 4.69) is 10.2 Å². The number of thioether (sulfide) groups is 1. The first kappa shape index (κ1) is 16.3. The van der Waals surface area contributed by atoms with E-state index in [-0.39, 0.29) is 12.5 Å². The van der Waals surface area contributed by atoms with Crippen LogP contribution in [0.2, 0.25) is 0 Å². The lowest BCUT2D eigenvalue weighted by Gasteiger charge is -2.02. The van der Waals surface area contributed by atoms with Gasteiger partial charge in [-0.2, -0.15) is 0 Å². The van der Waals surface area contributed by atoms with Gasteiger partial charge in [0.2, 0.25) is 0 Å². The predicted octanol–water partition coefficient (Wildman–Crippen LogP) is 4.03. The Bertz CT molecular complexity index is 852. The van der Waals surface area contributed by atoms with Crippen LogP contribution in [0.25, 0.3) is 11.5 Å². The summed E-state index contributed by atoms with van der Waals surface area (Å²) in [6.45, 7) is 3.59. The van der Waals surface area contributed by atoms with Crippen LogP contribution in [0.4, 0.5) is 0 Å². The lowest BCUT2D eigenvalue weighted by atomic mass is 10.2. The van der Waals surface area contributed by atoms with Gasteiger partial charge in [-0.15, -0.1) is 22.0 Å². The first-order chi connectivity index (χ1) is 11.6. The number of rotatable bonds is 5. The molecule has 0 bridgehead atoms. The van der Waals surface area contributed by atoms with Gasteiger partial charge in [-0.3, -0.25) is 0 Å². The van der Waals surface area contributed by atoms with Gasteiger partial charge in [0.1, 0.15) is 11.5 Å². The summed E-state index contributed by atoms with van der Waals surface area (Å²) in [4.78, 5) is 13.1. The van der Waals surface area contributed by atoms with Crippen molar-refractivity contribution in [3.05, 3.63) is 53.3 Å². The van der Waals surface area contributed by atoms with E-state index in [0.29, 0.717) is 17.2 Å². The van der Waals surface area contributed by atoms with Crippen molar-refractivity contribution in [2.24, 2.45) is 0 Å². The fourth-order valence-corrected chi connectivity index (χ4v) is 2.61. The largest absolute Gasteiger partial charge is 0.466 e. The Morgan fingerprint density at radius 1 is 1.17 bits per heavy atom. The first-order valence-electron chi connectivity index (χ1n) is 7.28. The van der Waals surface area contributed by atoms with Gasteiger partial charge in [0, 0.05) is 4.90 Å². The summed E-state index contributed by atoms with van der Waals surface area (Å²) in [6, 6.07) is 9.02. The van der Waals surface area contributed by atoms with Crippen LogP contribution in [0, 0.1) is 13.8 Å². The van der Waals surface area contributed by atoms with Gasteiger partial charge in [0.05, 0.1) is 11.1 Å². The van der Waals surface area contributed by atoms with Gasteiger partial charge in [0.25, 0.3) is 11.8 Å². The highest BCUT2D eigenvalue weighted by atomic mass is 32.2. The number of benzene rings is 1. The van der Waals surface area contributed by atoms with Crippen LogP contribution in [-0.2, 0) is 11.3 Å². The van der Waals surface area contributed by atoms with Crippen LogP contribution in [0.1, 0.15) is 27.8 Å². The van der Waals surface area contributed by atoms with Crippen molar-refractivity contribution in [1.29, 1.82) is 0 Å². The molecule has 2 heterocycles. The smallest absolute Gasteiger partial charge is 0.338 e. The molecule has 6 nitrogen and oxygen atoms in total. The van der Waals surface area contributed by atoms with E-state index in [0.717, 1.165) is 16.2 Å². The second-order valence-corrected chi connectivity index (χ2v) is 6.01. The van der Waals surface area contributed by atoms with Crippen molar-refractivity contribution < 1.29 is 18.4 Å². The van der Waals surface area contributed by atoms with Crippen LogP contribution in [-0.4, -0.2) is 22.4 Å². The summed E-state index contributed by atoms with van der Waals surface area (Å²) in [5.74, 6) is 1.62. The minimum absolute atomic E-state index is 0.0774. The van der Waals surface area contributed by atoms with E-state index in [4.69, 9.17) is 13.6 Å². The van der Waals surface area contributed by atoms with Gasteiger partial charge in [0.15, 0.2) is 6.61 Å². The number of nitrogens with zero attached hydrogens (tertiary/aromatic N) is 2. The van der Waals surface area contributed by atoms with E-state index >= 15 is 0 Å². The van der Waals surface area contributed by atoms with Crippen molar-refractivity contribution in [2.45, 2.75) is 25.3 Å². The highest BCUT2D eigenvalue weighted by Gasteiger charge is 2.16. The monoisotopic (exact) mass is 344 g/mol. The third-order valence-electron chi connectivity index (χ3n) is 3.39. The highest BCUT2D eigenvalue weighted by Crippen LogP contribution is 2.25. The molecule has 0 unspecified atom stereocenters. The zero-order valence-corrected chi connectivity index (χ0v) is 14.3. The second-order valence-electron chi connectivity index (χ2n) is 5.13. The molecule has 3 rings (SSSR count). The third-order valence-corrected chi connectivity index (χ3v) is 4.13.